The summed E-state index contributed by atoms with van der Waals surface area (Å²) in [7, 11) is 0. The Balaban J connectivity index is 2.15. The Morgan fingerprint density at radius 3 is 1.75 bits per heavy atom. The van der Waals surface area contributed by atoms with Crippen LogP contribution < -0.4 is 10.5 Å². The number of hydrogen-bond donors (Lipinski definition) is 1. The first-order valence-electron chi connectivity index (χ1n) is 7.20. The molecular weight excluding hydrogens is 246 g/mol. The fraction of sp³-hybridized carbons (Fsp3) is 0.333. The van der Waals surface area contributed by atoms with E-state index in [1.54, 1.807) is 0 Å². The summed E-state index contributed by atoms with van der Waals surface area (Å²) < 4.78 is 5.45. The molecule has 0 bridgehead atoms. The van der Waals surface area contributed by atoms with Gasteiger partial charge in [-0.25, -0.2) is 0 Å². The molecule has 0 saturated carbocycles. The summed E-state index contributed by atoms with van der Waals surface area (Å²) in [5.74, 6) is 1.43. The van der Waals surface area contributed by atoms with Gasteiger partial charge < -0.3 is 10.5 Å². The zero-order chi connectivity index (χ0) is 14.5. The molecule has 2 N–H and O–H groups in total. The van der Waals surface area contributed by atoms with Gasteiger partial charge in [0.15, 0.2) is 0 Å². The molecule has 0 aliphatic rings. The molecule has 0 amide bonds. The van der Waals surface area contributed by atoms with Crippen LogP contribution in [0.1, 0.15) is 49.4 Å². The highest BCUT2D eigenvalue weighted by Crippen LogP contribution is 2.24. The van der Waals surface area contributed by atoms with E-state index in [-0.39, 0.29) is 6.04 Å². The van der Waals surface area contributed by atoms with Gasteiger partial charge in [-0.1, -0.05) is 50.2 Å². The lowest BCUT2D eigenvalue weighted by Gasteiger charge is -2.14. The summed E-state index contributed by atoms with van der Waals surface area (Å²) in [5.41, 5.74) is 9.91. The van der Waals surface area contributed by atoms with Crippen LogP contribution in [0.3, 0.4) is 0 Å². The predicted molar refractivity (Wildman–Crippen MR) is 84.2 cm³/mol. The average Bonchev–Trinajstić information content (AvgIpc) is 2.48. The summed E-state index contributed by atoms with van der Waals surface area (Å²) >= 11 is 0. The van der Waals surface area contributed by atoms with Crippen LogP contribution in [-0.2, 0) is 0 Å². The first-order valence-corrected chi connectivity index (χ1v) is 7.20. The molecule has 2 heteroatoms. The van der Waals surface area contributed by atoms with E-state index in [2.05, 4.69) is 38.1 Å². The fourth-order valence-electron chi connectivity index (χ4n) is 2.22. The van der Waals surface area contributed by atoms with Crippen LogP contribution in [0.15, 0.2) is 48.5 Å². The highest BCUT2D eigenvalue weighted by molar-refractivity contribution is 5.36. The van der Waals surface area contributed by atoms with Crippen LogP contribution in [0.2, 0.25) is 0 Å². The molecule has 0 aliphatic heterocycles. The number of rotatable bonds is 5. The van der Waals surface area contributed by atoms with Crippen molar-refractivity contribution in [3.8, 4) is 5.75 Å². The fourth-order valence-corrected chi connectivity index (χ4v) is 2.22. The highest BCUT2D eigenvalue weighted by Gasteiger charge is 2.09. The van der Waals surface area contributed by atoms with E-state index >= 15 is 0 Å². The molecule has 1 unspecified atom stereocenters. The normalized spacial score (nSPS) is 12.4. The minimum Gasteiger partial charge on any atom is -0.494 e. The summed E-state index contributed by atoms with van der Waals surface area (Å²) in [5, 5.41) is 0. The third-order valence-electron chi connectivity index (χ3n) is 3.51. The van der Waals surface area contributed by atoms with Crippen molar-refractivity contribution in [3.63, 3.8) is 0 Å². The smallest absolute Gasteiger partial charge is 0.119 e. The molecule has 1 atom stereocenters. The third kappa shape index (κ3) is 3.40. The van der Waals surface area contributed by atoms with E-state index in [4.69, 9.17) is 10.5 Å². The molecule has 106 valence electrons. The molecule has 0 aliphatic carbocycles. The van der Waals surface area contributed by atoms with Crippen LogP contribution in [0, 0.1) is 0 Å². The van der Waals surface area contributed by atoms with Gasteiger partial charge in [0.2, 0.25) is 0 Å². The van der Waals surface area contributed by atoms with E-state index in [0.717, 1.165) is 16.9 Å². The number of nitrogens with two attached hydrogens (primary N) is 1. The maximum atomic E-state index is 6.33. The molecule has 0 aromatic heterocycles. The second-order valence-electron chi connectivity index (χ2n) is 5.30. The number of hydrogen-bond acceptors (Lipinski definition) is 2. The lowest BCUT2D eigenvalue weighted by Crippen LogP contribution is -2.11. The molecule has 0 saturated heterocycles. The van der Waals surface area contributed by atoms with E-state index in [1.807, 2.05) is 31.2 Å². The maximum absolute atomic E-state index is 6.33. The highest BCUT2D eigenvalue weighted by atomic mass is 16.5. The summed E-state index contributed by atoms with van der Waals surface area (Å²) in [4.78, 5) is 0. The minimum absolute atomic E-state index is 0.0908. The molecule has 2 aromatic rings. The zero-order valence-corrected chi connectivity index (χ0v) is 12.5. The number of benzene rings is 2. The van der Waals surface area contributed by atoms with Crippen molar-refractivity contribution in [2.24, 2.45) is 5.73 Å². The Morgan fingerprint density at radius 2 is 1.30 bits per heavy atom. The summed E-state index contributed by atoms with van der Waals surface area (Å²) in [6.07, 6.45) is 0. The van der Waals surface area contributed by atoms with Crippen molar-refractivity contribution in [3.05, 3.63) is 65.2 Å². The largest absolute Gasteiger partial charge is 0.494 e. The van der Waals surface area contributed by atoms with Crippen LogP contribution >= 0.6 is 0 Å². The second kappa shape index (κ2) is 6.58. The molecule has 2 rings (SSSR count). The van der Waals surface area contributed by atoms with Gasteiger partial charge in [0, 0.05) is 0 Å². The minimum atomic E-state index is -0.0908. The van der Waals surface area contributed by atoms with Crippen molar-refractivity contribution >= 4 is 0 Å². The van der Waals surface area contributed by atoms with Gasteiger partial charge in [-0.15, -0.1) is 0 Å². The zero-order valence-electron chi connectivity index (χ0n) is 12.5. The summed E-state index contributed by atoms with van der Waals surface area (Å²) in [6.45, 7) is 7.06. The van der Waals surface area contributed by atoms with Gasteiger partial charge in [-0.3, -0.25) is 0 Å². The number of ether oxygens (including phenoxy) is 1. The first-order chi connectivity index (χ1) is 9.61. The van der Waals surface area contributed by atoms with Gasteiger partial charge >= 0.3 is 0 Å². The predicted octanol–water partition coefficient (Wildman–Crippen LogP) is 4.26. The lowest BCUT2D eigenvalue weighted by molar-refractivity contribution is 0.340. The van der Waals surface area contributed by atoms with Gasteiger partial charge in [0.1, 0.15) is 5.75 Å². The van der Waals surface area contributed by atoms with Crippen LogP contribution in [0.5, 0.6) is 5.75 Å². The van der Waals surface area contributed by atoms with Gasteiger partial charge in [0.05, 0.1) is 12.6 Å². The molecule has 2 aromatic carbocycles. The molecule has 20 heavy (non-hydrogen) atoms. The van der Waals surface area contributed by atoms with E-state index in [1.165, 1.54) is 5.56 Å². The van der Waals surface area contributed by atoms with Crippen molar-refractivity contribution in [2.45, 2.75) is 32.7 Å². The van der Waals surface area contributed by atoms with E-state index < -0.39 is 0 Å². The standard InChI is InChI=1S/C18H23NO/c1-4-20-17-11-9-16(10-12-17)18(19)15-7-5-14(6-8-15)13(2)3/h5-13,18H,4,19H2,1-3H3. The molecule has 0 radical (unpaired) electrons. The molecule has 0 fully saturated rings. The van der Waals surface area contributed by atoms with Crippen LogP contribution in [0.4, 0.5) is 0 Å². The van der Waals surface area contributed by atoms with Gasteiger partial charge in [-0.05, 0) is 41.7 Å². The van der Waals surface area contributed by atoms with Crippen molar-refractivity contribution in [1.82, 2.24) is 0 Å². The van der Waals surface area contributed by atoms with Crippen molar-refractivity contribution < 1.29 is 4.74 Å². The SMILES string of the molecule is CCOc1ccc(C(N)c2ccc(C(C)C)cc2)cc1. The lowest BCUT2D eigenvalue weighted by atomic mass is 9.96. The van der Waals surface area contributed by atoms with Crippen molar-refractivity contribution in [2.75, 3.05) is 6.61 Å². The third-order valence-corrected chi connectivity index (χ3v) is 3.51. The topological polar surface area (TPSA) is 35.2 Å². The first kappa shape index (κ1) is 14.6. The van der Waals surface area contributed by atoms with Crippen molar-refractivity contribution in [1.29, 1.82) is 0 Å². The summed E-state index contributed by atoms with van der Waals surface area (Å²) in [6, 6.07) is 16.5. The van der Waals surface area contributed by atoms with Crippen LogP contribution in [-0.4, -0.2) is 6.61 Å². The van der Waals surface area contributed by atoms with Crippen LogP contribution in [0.25, 0.3) is 0 Å². The quantitative estimate of drug-likeness (QED) is 0.880. The molecular formula is C18H23NO. The molecule has 0 spiro atoms. The molecule has 0 heterocycles. The second-order valence-corrected chi connectivity index (χ2v) is 5.30. The van der Waals surface area contributed by atoms with Gasteiger partial charge in [-0.2, -0.15) is 0 Å². The van der Waals surface area contributed by atoms with E-state index in [0.29, 0.717) is 12.5 Å². The monoisotopic (exact) mass is 269 g/mol. The van der Waals surface area contributed by atoms with E-state index in [9.17, 15) is 0 Å². The Labute approximate surface area is 121 Å². The Hall–Kier alpha value is -1.80. The Bertz CT molecular complexity index is 528. The van der Waals surface area contributed by atoms with Gasteiger partial charge in [0.25, 0.3) is 0 Å². The Morgan fingerprint density at radius 1 is 0.850 bits per heavy atom. The average molecular weight is 269 g/mol. The maximum Gasteiger partial charge on any atom is 0.119 e. The Kier molecular flexibility index (Phi) is 4.80. The molecule has 2 nitrogen and oxygen atoms in total.